The van der Waals surface area contributed by atoms with E-state index in [0.29, 0.717) is 23.0 Å². The molecule has 1 heterocycles. The average molecular weight is 246 g/mol. The highest BCUT2D eigenvalue weighted by Gasteiger charge is 2.06. The lowest BCUT2D eigenvalue weighted by molar-refractivity contribution is 0.101. The van der Waals surface area contributed by atoms with E-state index in [9.17, 15) is 4.79 Å². The highest BCUT2D eigenvalue weighted by molar-refractivity contribution is 5.94. The molecule has 0 amide bonds. The lowest BCUT2D eigenvalue weighted by Gasteiger charge is -2.04. The van der Waals surface area contributed by atoms with Crippen LogP contribution in [0.4, 0.5) is 0 Å². The van der Waals surface area contributed by atoms with Crippen molar-refractivity contribution in [1.82, 2.24) is 10.1 Å². The van der Waals surface area contributed by atoms with Crippen molar-refractivity contribution in [3.8, 4) is 5.75 Å². The molecule has 0 aliphatic rings. The van der Waals surface area contributed by atoms with Crippen molar-refractivity contribution in [3.05, 3.63) is 41.5 Å². The van der Waals surface area contributed by atoms with Gasteiger partial charge in [-0.2, -0.15) is 4.98 Å². The van der Waals surface area contributed by atoms with Gasteiger partial charge < -0.3 is 9.26 Å². The van der Waals surface area contributed by atoms with Gasteiger partial charge in [0.1, 0.15) is 5.75 Å². The van der Waals surface area contributed by atoms with E-state index >= 15 is 0 Å². The SMILES string of the molecule is CCc1noc(COc2cccc(C(C)=O)c2)n1. The van der Waals surface area contributed by atoms with Crippen LogP contribution in [0, 0.1) is 0 Å². The summed E-state index contributed by atoms with van der Waals surface area (Å²) >= 11 is 0. The number of aromatic nitrogens is 2. The predicted octanol–water partition coefficient (Wildman–Crippen LogP) is 2.41. The van der Waals surface area contributed by atoms with E-state index in [-0.39, 0.29) is 12.4 Å². The fraction of sp³-hybridized carbons (Fsp3) is 0.308. The van der Waals surface area contributed by atoms with Crippen molar-refractivity contribution >= 4 is 5.78 Å². The average Bonchev–Trinajstić information content (AvgIpc) is 2.84. The maximum atomic E-state index is 11.2. The van der Waals surface area contributed by atoms with Crippen LogP contribution in [0.1, 0.15) is 35.9 Å². The van der Waals surface area contributed by atoms with Gasteiger partial charge in [0.25, 0.3) is 5.89 Å². The van der Waals surface area contributed by atoms with Crippen LogP contribution in [0.15, 0.2) is 28.8 Å². The first-order valence-corrected chi connectivity index (χ1v) is 5.74. The third-order valence-electron chi connectivity index (χ3n) is 2.43. The standard InChI is InChI=1S/C13H14N2O3/c1-3-12-14-13(18-15-12)8-17-11-6-4-5-10(7-11)9(2)16/h4-7H,3,8H2,1-2H3. The molecule has 0 spiro atoms. The summed E-state index contributed by atoms with van der Waals surface area (Å²) in [5.41, 5.74) is 0.618. The van der Waals surface area contributed by atoms with Crippen LogP contribution in [0.2, 0.25) is 0 Å². The van der Waals surface area contributed by atoms with Crippen LogP contribution in [0.5, 0.6) is 5.75 Å². The number of aryl methyl sites for hydroxylation is 1. The van der Waals surface area contributed by atoms with Crippen LogP contribution in [0.25, 0.3) is 0 Å². The number of Topliss-reactive ketones (excluding diaryl/α,β-unsaturated/α-hetero) is 1. The van der Waals surface area contributed by atoms with Crippen LogP contribution in [-0.2, 0) is 13.0 Å². The molecule has 0 fully saturated rings. The smallest absolute Gasteiger partial charge is 0.264 e. The molecular weight excluding hydrogens is 232 g/mol. The number of carbonyl (C=O) groups is 1. The Balaban J connectivity index is 2.01. The Kier molecular flexibility index (Phi) is 3.72. The molecule has 18 heavy (non-hydrogen) atoms. The van der Waals surface area contributed by atoms with E-state index in [1.807, 2.05) is 6.92 Å². The summed E-state index contributed by atoms with van der Waals surface area (Å²) in [6.45, 7) is 3.67. The Morgan fingerprint density at radius 2 is 2.28 bits per heavy atom. The van der Waals surface area contributed by atoms with Crippen molar-refractivity contribution < 1.29 is 14.1 Å². The van der Waals surface area contributed by atoms with Gasteiger partial charge in [0, 0.05) is 12.0 Å². The molecule has 2 aromatic rings. The minimum absolute atomic E-state index is 0.00603. The fourth-order valence-electron chi connectivity index (χ4n) is 1.44. The second kappa shape index (κ2) is 5.44. The van der Waals surface area contributed by atoms with Crippen LogP contribution >= 0.6 is 0 Å². The van der Waals surface area contributed by atoms with Crippen molar-refractivity contribution in [2.75, 3.05) is 0 Å². The third kappa shape index (κ3) is 2.94. The molecule has 94 valence electrons. The largest absolute Gasteiger partial charge is 0.484 e. The molecule has 0 aliphatic carbocycles. The Morgan fingerprint density at radius 3 is 2.94 bits per heavy atom. The molecular formula is C13H14N2O3. The highest BCUT2D eigenvalue weighted by Crippen LogP contribution is 2.15. The number of rotatable bonds is 5. The summed E-state index contributed by atoms with van der Waals surface area (Å²) in [7, 11) is 0. The molecule has 5 heteroatoms. The molecule has 5 nitrogen and oxygen atoms in total. The molecule has 1 aromatic heterocycles. The summed E-state index contributed by atoms with van der Waals surface area (Å²) in [4.78, 5) is 15.3. The molecule has 0 saturated heterocycles. The van der Waals surface area contributed by atoms with Gasteiger partial charge in [-0.1, -0.05) is 24.2 Å². The first-order chi connectivity index (χ1) is 8.69. The zero-order chi connectivity index (χ0) is 13.0. The zero-order valence-electron chi connectivity index (χ0n) is 10.3. The monoisotopic (exact) mass is 246 g/mol. The summed E-state index contributed by atoms with van der Waals surface area (Å²) in [5, 5.41) is 3.77. The van der Waals surface area contributed by atoms with Gasteiger partial charge in [-0.15, -0.1) is 0 Å². The number of ether oxygens (including phenoxy) is 1. The number of nitrogens with zero attached hydrogens (tertiary/aromatic N) is 2. The van der Waals surface area contributed by atoms with E-state index in [2.05, 4.69) is 10.1 Å². The normalized spacial score (nSPS) is 10.3. The Hall–Kier alpha value is -2.17. The first kappa shape index (κ1) is 12.3. The van der Waals surface area contributed by atoms with E-state index in [1.54, 1.807) is 24.3 Å². The van der Waals surface area contributed by atoms with Gasteiger partial charge in [-0.05, 0) is 19.1 Å². The van der Waals surface area contributed by atoms with Gasteiger partial charge in [0.05, 0.1) is 0 Å². The zero-order valence-corrected chi connectivity index (χ0v) is 10.3. The van der Waals surface area contributed by atoms with Gasteiger partial charge in [-0.25, -0.2) is 0 Å². The quantitative estimate of drug-likeness (QED) is 0.758. The van der Waals surface area contributed by atoms with Crippen molar-refractivity contribution in [3.63, 3.8) is 0 Å². The van der Waals surface area contributed by atoms with Gasteiger partial charge in [0.2, 0.25) is 0 Å². The van der Waals surface area contributed by atoms with E-state index in [4.69, 9.17) is 9.26 Å². The number of benzene rings is 1. The van der Waals surface area contributed by atoms with Crippen molar-refractivity contribution in [2.45, 2.75) is 26.9 Å². The minimum atomic E-state index is 0.00603. The molecule has 1 aromatic carbocycles. The molecule has 0 saturated carbocycles. The van der Waals surface area contributed by atoms with Crippen molar-refractivity contribution in [1.29, 1.82) is 0 Å². The number of hydrogen-bond donors (Lipinski definition) is 0. The van der Waals surface area contributed by atoms with Crippen molar-refractivity contribution in [2.24, 2.45) is 0 Å². The Labute approximate surface area is 105 Å². The maximum absolute atomic E-state index is 11.2. The summed E-state index contributed by atoms with van der Waals surface area (Å²) in [5.74, 6) is 1.71. The molecule has 0 aliphatic heterocycles. The van der Waals surface area contributed by atoms with Gasteiger partial charge >= 0.3 is 0 Å². The number of carbonyl (C=O) groups excluding carboxylic acids is 1. The number of ketones is 1. The molecule has 2 rings (SSSR count). The van der Waals surface area contributed by atoms with Crippen LogP contribution < -0.4 is 4.74 Å². The lowest BCUT2D eigenvalue weighted by Crippen LogP contribution is -1.98. The summed E-state index contributed by atoms with van der Waals surface area (Å²) < 4.78 is 10.5. The first-order valence-electron chi connectivity index (χ1n) is 5.74. The van der Waals surface area contributed by atoms with E-state index < -0.39 is 0 Å². The van der Waals surface area contributed by atoms with Crippen LogP contribution in [0.3, 0.4) is 0 Å². The Morgan fingerprint density at radius 1 is 1.44 bits per heavy atom. The topological polar surface area (TPSA) is 65.2 Å². The van der Waals surface area contributed by atoms with Gasteiger partial charge in [-0.3, -0.25) is 4.79 Å². The maximum Gasteiger partial charge on any atom is 0.264 e. The fourth-order valence-corrected chi connectivity index (χ4v) is 1.44. The molecule has 0 N–H and O–H groups in total. The summed E-state index contributed by atoms with van der Waals surface area (Å²) in [6.07, 6.45) is 0.726. The van der Waals surface area contributed by atoms with E-state index in [1.165, 1.54) is 6.92 Å². The van der Waals surface area contributed by atoms with Gasteiger partial charge in [0.15, 0.2) is 18.2 Å². The second-order valence-electron chi connectivity index (χ2n) is 3.83. The number of hydrogen-bond acceptors (Lipinski definition) is 5. The molecule has 0 unspecified atom stereocenters. The third-order valence-corrected chi connectivity index (χ3v) is 2.43. The molecule has 0 bridgehead atoms. The molecule has 0 radical (unpaired) electrons. The van der Waals surface area contributed by atoms with Crippen LogP contribution in [-0.4, -0.2) is 15.9 Å². The lowest BCUT2D eigenvalue weighted by atomic mass is 10.1. The van der Waals surface area contributed by atoms with E-state index in [0.717, 1.165) is 6.42 Å². The summed E-state index contributed by atoms with van der Waals surface area (Å²) in [6, 6.07) is 7.00. The molecule has 0 atom stereocenters. The Bertz CT molecular complexity index is 549. The second-order valence-corrected chi connectivity index (χ2v) is 3.83. The predicted molar refractivity (Wildman–Crippen MR) is 64.5 cm³/mol. The minimum Gasteiger partial charge on any atom is -0.484 e. The highest BCUT2D eigenvalue weighted by atomic mass is 16.5.